The molecule has 1 aliphatic rings. The van der Waals surface area contributed by atoms with Crippen molar-refractivity contribution in [3.63, 3.8) is 0 Å². The molecule has 6 heteroatoms. The highest BCUT2D eigenvalue weighted by atomic mass is 32.1. The monoisotopic (exact) mass is 371 g/mol. The number of esters is 1. The van der Waals surface area contributed by atoms with Crippen LogP contribution in [0.5, 0.6) is 0 Å². The molecule has 1 atom stereocenters. The van der Waals surface area contributed by atoms with E-state index >= 15 is 0 Å². The predicted octanol–water partition coefficient (Wildman–Crippen LogP) is 3.87. The van der Waals surface area contributed by atoms with Crippen LogP contribution in [0.4, 0.5) is 5.69 Å². The number of amides is 1. The fraction of sp³-hybridized carbons (Fsp3) is 0.350. The minimum absolute atomic E-state index is 0.0796. The van der Waals surface area contributed by atoms with Crippen molar-refractivity contribution in [3.05, 3.63) is 51.2 Å². The van der Waals surface area contributed by atoms with Gasteiger partial charge in [0.25, 0.3) is 5.91 Å². The Morgan fingerprint density at radius 3 is 2.88 bits per heavy atom. The standard InChI is InChI=1S/C20H21NO4S/c1-12-6-7-16-17(11-26-18(16)8-12)20(24)25-10-19(23)21-15-5-3-4-14(9-15)13(2)22/h3-5,9,11-12H,6-8,10H2,1-2H3,(H,21,23). The van der Waals surface area contributed by atoms with Gasteiger partial charge in [0.2, 0.25) is 0 Å². The van der Waals surface area contributed by atoms with Crippen molar-refractivity contribution in [2.75, 3.05) is 11.9 Å². The molecule has 1 heterocycles. The summed E-state index contributed by atoms with van der Waals surface area (Å²) in [5.74, 6) is -0.327. The number of hydrogen-bond acceptors (Lipinski definition) is 5. The highest BCUT2D eigenvalue weighted by Gasteiger charge is 2.24. The molecule has 1 amide bonds. The first kappa shape index (κ1) is 18.3. The SMILES string of the molecule is CC(=O)c1cccc(NC(=O)COC(=O)c2csc3c2CCC(C)C3)c1. The first-order valence-corrected chi connectivity index (χ1v) is 9.49. The molecule has 0 bridgehead atoms. The number of hydrogen-bond donors (Lipinski definition) is 1. The van der Waals surface area contributed by atoms with Gasteiger partial charge < -0.3 is 10.1 Å². The molecule has 0 saturated heterocycles. The molecule has 3 rings (SSSR count). The predicted molar refractivity (Wildman–Crippen MR) is 101 cm³/mol. The van der Waals surface area contributed by atoms with Crippen LogP contribution in [0.2, 0.25) is 0 Å². The Balaban J connectivity index is 1.57. The molecule has 1 aromatic heterocycles. The fourth-order valence-corrected chi connectivity index (χ4v) is 4.30. The van der Waals surface area contributed by atoms with Gasteiger partial charge in [-0.25, -0.2) is 4.79 Å². The van der Waals surface area contributed by atoms with E-state index in [-0.39, 0.29) is 12.4 Å². The van der Waals surface area contributed by atoms with E-state index in [1.807, 2.05) is 5.38 Å². The average molecular weight is 371 g/mol. The smallest absolute Gasteiger partial charge is 0.339 e. The number of anilines is 1. The van der Waals surface area contributed by atoms with E-state index in [1.165, 1.54) is 11.8 Å². The van der Waals surface area contributed by atoms with Crippen LogP contribution >= 0.6 is 11.3 Å². The van der Waals surface area contributed by atoms with E-state index in [9.17, 15) is 14.4 Å². The lowest BCUT2D eigenvalue weighted by atomic mass is 9.88. The average Bonchev–Trinajstić information content (AvgIpc) is 3.03. The van der Waals surface area contributed by atoms with Gasteiger partial charge in [-0.3, -0.25) is 9.59 Å². The number of carbonyl (C=O) groups excluding carboxylic acids is 3. The van der Waals surface area contributed by atoms with Crippen molar-refractivity contribution < 1.29 is 19.1 Å². The van der Waals surface area contributed by atoms with E-state index in [1.54, 1.807) is 35.6 Å². The van der Waals surface area contributed by atoms with Gasteiger partial charge >= 0.3 is 5.97 Å². The minimum Gasteiger partial charge on any atom is -0.452 e. The van der Waals surface area contributed by atoms with Crippen LogP contribution in [-0.2, 0) is 22.4 Å². The molecule has 26 heavy (non-hydrogen) atoms. The molecule has 1 aromatic carbocycles. The van der Waals surface area contributed by atoms with E-state index in [0.29, 0.717) is 22.7 Å². The molecule has 136 valence electrons. The molecule has 0 spiro atoms. The van der Waals surface area contributed by atoms with Crippen molar-refractivity contribution in [1.82, 2.24) is 0 Å². The minimum atomic E-state index is -0.454. The largest absolute Gasteiger partial charge is 0.452 e. The second-order valence-corrected chi connectivity index (χ2v) is 7.62. The molecular formula is C20H21NO4S. The molecule has 1 unspecified atom stereocenters. The Labute approximate surface area is 156 Å². The summed E-state index contributed by atoms with van der Waals surface area (Å²) in [7, 11) is 0. The van der Waals surface area contributed by atoms with Gasteiger partial charge in [-0.15, -0.1) is 11.3 Å². The van der Waals surface area contributed by atoms with Crippen LogP contribution in [0.1, 0.15) is 51.4 Å². The first-order valence-electron chi connectivity index (χ1n) is 8.61. The first-order chi connectivity index (χ1) is 12.4. The van der Waals surface area contributed by atoms with Crippen LogP contribution in [0.15, 0.2) is 29.6 Å². The van der Waals surface area contributed by atoms with Crippen molar-refractivity contribution in [2.24, 2.45) is 5.92 Å². The van der Waals surface area contributed by atoms with Crippen molar-refractivity contribution in [2.45, 2.75) is 33.1 Å². The lowest BCUT2D eigenvalue weighted by molar-refractivity contribution is -0.119. The second kappa shape index (κ2) is 7.83. The van der Waals surface area contributed by atoms with E-state index < -0.39 is 11.9 Å². The van der Waals surface area contributed by atoms with Crippen molar-refractivity contribution >= 4 is 34.7 Å². The number of carbonyl (C=O) groups is 3. The lowest BCUT2D eigenvalue weighted by Crippen LogP contribution is -2.21. The number of fused-ring (bicyclic) bond motifs is 1. The summed E-state index contributed by atoms with van der Waals surface area (Å²) in [6, 6.07) is 6.65. The lowest BCUT2D eigenvalue weighted by Gasteiger charge is -2.18. The molecule has 2 aromatic rings. The van der Waals surface area contributed by atoms with Gasteiger partial charge in [0.15, 0.2) is 12.4 Å². The number of ether oxygens (including phenoxy) is 1. The van der Waals surface area contributed by atoms with Crippen molar-refractivity contribution in [3.8, 4) is 0 Å². The zero-order valence-electron chi connectivity index (χ0n) is 14.8. The van der Waals surface area contributed by atoms with Gasteiger partial charge in [0, 0.05) is 21.5 Å². The molecular weight excluding hydrogens is 350 g/mol. The van der Waals surface area contributed by atoms with E-state index in [4.69, 9.17) is 4.74 Å². The molecule has 0 aliphatic heterocycles. The Kier molecular flexibility index (Phi) is 5.52. The van der Waals surface area contributed by atoms with Gasteiger partial charge in [0.05, 0.1) is 5.56 Å². The number of rotatable bonds is 5. The Morgan fingerprint density at radius 2 is 2.12 bits per heavy atom. The van der Waals surface area contributed by atoms with E-state index in [0.717, 1.165) is 24.8 Å². The van der Waals surface area contributed by atoms with Crippen LogP contribution in [0.3, 0.4) is 0 Å². The number of ketones is 1. The van der Waals surface area contributed by atoms with Crippen LogP contribution in [0.25, 0.3) is 0 Å². The highest BCUT2D eigenvalue weighted by Crippen LogP contribution is 2.33. The Bertz CT molecular complexity index is 855. The summed E-state index contributed by atoms with van der Waals surface area (Å²) >= 11 is 1.59. The van der Waals surface area contributed by atoms with Gasteiger partial charge in [0.1, 0.15) is 0 Å². The fourth-order valence-electron chi connectivity index (χ4n) is 3.07. The maximum atomic E-state index is 12.3. The summed E-state index contributed by atoms with van der Waals surface area (Å²) in [5, 5.41) is 4.47. The zero-order chi connectivity index (χ0) is 18.7. The number of benzene rings is 1. The van der Waals surface area contributed by atoms with Crippen LogP contribution < -0.4 is 5.32 Å². The number of nitrogens with one attached hydrogen (secondary N) is 1. The summed E-state index contributed by atoms with van der Waals surface area (Å²) in [6.45, 7) is 3.32. The van der Waals surface area contributed by atoms with Gasteiger partial charge in [-0.05, 0) is 49.8 Å². The maximum absolute atomic E-state index is 12.3. The van der Waals surface area contributed by atoms with Gasteiger partial charge in [-0.2, -0.15) is 0 Å². The summed E-state index contributed by atoms with van der Waals surface area (Å²) in [5.41, 5.74) is 2.68. The van der Waals surface area contributed by atoms with Crippen molar-refractivity contribution in [1.29, 1.82) is 0 Å². The molecule has 0 saturated carbocycles. The summed E-state index contributed by atoms with van der Waals surface area (Å²) < 4.78 is 5.18. The second-order valence-electron chi connectivity index (χ2n) is 6.66. The third-order valence-electron chi connectivity index (χ3n) is 4.51. The van der Waals surface area contributed by atoms with E-state index in [2.05, 4.69) is 12.2 Å². The quantitative estimate of drug-likeness (QED) is 0.640. The molecule has 0 fully saturated rings. The maximum Gasteiger partial charge on any atom is 0.339 e. The zero-order valence-corrected chi connectivity index (χ0v) is 15.7. The summed E-state index contributed by atoms with van der Waals surface area (Å²) in [4.78, 5) is 37.0. The molecule has 0 radical (unpaired) electrons. The number of Topliss-reactive ketones (excluding diaryl/α,β-unsaturated/α-hetero) is 1. The third kappa shape index (κ3) is 4.19. The molecule has 1 N–H and O–H groups in total. The normalized spacial score (nSPS) is 15.8. The highest BCUT2D eigenvalue weighted by molar-refractivity contribution is 7.10. The third-order valence-corrected chi connectivity index (χ3v) is 5.56. The molecule has 5 nitrogen and oxygen atoms in total. The van der Waals surface area contributed by atoms with Crippen LogP contribution in [0, 0.1) is 5.92 Å². The Morgan fingerprint density at radius 1 is 1.31 bits per heavy atom. The van der Waals surface area contributed by atoms with Gasteiger partial charge in [-0.1, -0.05) is 19.1 Å². The van der Waals surface area contributed by atoms with Crippen LogP contribution in [-0.4, -0.2) is 24.3 Å². The topological polar surface area (TPSA) is 72.5 Å². The molecule has 1 aliphatic carbocycles. The summed E-state index contributed by atoms with van der Waals surface area (Å²) in [6.07, 6.45) is 2.95. The number of thiophene rings is 1. The Hall–Kier alpha value is -2.47.